The minimum atomic E-state index is -4.67. The second-order valence-corrected chi connectivity index (χ2v) is 7.40. The highest BCUT2D eigenvalue weighted by atomic mass is 127. The first-order valence-corrected chi connectivity index (χ1v) is 8.56. The minimum absolute atomic E-state index is 0.0116. The van der Waals surface area contributed by atoms with E-state index in [-0.39, 0.29) is 24.2 Å². The van der Waals surface area contributed by atoms with Gasteiger partial charge in [0, 0.05) is 22.5 Å². The average Bonchev–Trinajstić information content (AvgIpc) is 2.66. The second kappa shape index (κ2) is 5.87. The maximum Gasteiger partial charge on any atom is 0.337 e. The number of halogens is 2. The summed E-state index contributed by atoms with van der Waals surface area (Å²) in [5, 5.41) is 9.16. The zero-order chi connectivity index (χ0) is 15.8. The summed E-state index contributed by atoms with van der Waals surface area (Å²) < 4.78 is 34.8. The molecule has 1 atom stereocenters. The SMILES string of the molecule is O=C(O)c1ccc(I)cc1N1CC(CS(=O)(=O)F)CC1=O. The normalized spacial score (nSPS) is 19.0. The van der Waals surface area contributed by atoms with Crippen molar-refractivity contribution >= 4 is 50.4 Å². The van der Waals surface area contributed by atoms with E-state index in [1.807, 2.05) is 22.6 Å². The molecule has 6 nitrogen and oxygen atoms in total. The van der Waals surface area contributed by atoms with Gasteiger partial charge < -0.3 is 10.0 Å². The summed E-state index contributed by atoms with van der Waals surface area (Å²) in [6.45, 7) is -0.0116. The van der Waals surface area contributed by atoms with Crippen molar-refractivity contribution in [3.63, 3.8) is 0 Å². The molecule has 1 aliphatic heterocycles. The van der Waals surface area contributed by atoms with Gasteiger partial charge in [-0.2, -0.15) is 8.42 Å². The summed E-state index contributed by atoms with van der Waals surface area (Å²) in [5.74, 6) is -3.00. The van der Waals surface area contributed by atoms with Crippen molar-refractivity contribution in [3.8, 4) is 0 Å². The third-order valence-corrected chi connectivity index (χ3v) is 4.66. The van der Waals surface area contributed by atoms with Gasteiger partial charge in [0.2, 0.25) is 5.91 Å². The van der Waals surface area contributed by atoms with Crippen LogP contribution in [0, 0.1) is 9.49 Å². The van der Waals surface area contributed by atoms with E-state index in [0.29, 0.717) is 0 Å². The molecule has 0 aromatic heterocycles. The van der Waals surface area contributed by atoms with Crippen molar-refractivity contribution < 1.29 is 27.0 Å². The van der Waals surface area contributed by atoms with Gasteiger partial charge in [0.15, 0.2) is 0 Å². The second-order valence-electron chi connectivity index (χ2n) is 4.75. The zero-order valence-corrected chi connectivity index (χ0v) is 13.6. The van der Waals surface area contributed by atoms with Crippen LogP contribution in [0.4, 0.5) is 9.57 Å². The van der Waals surface area contributed by atoms with E-state index < -0.39 is 33.8 Å². The van der Waals surface area contributed by atoms with Crippen LogP contribution in [0.5, 0.6) is 0 Å². The van der Waals surface area contributed by atoms with Crippen LogP contribution >= 0.6 is 22.6 Å². The Labute approximate surface area is 134 Å². The van der Waals surface area contributed by atoms with Crippen LogP contribution in [-0.2, 0) is 15.0 Å². The predicted molar refractivity (Wildman–Crippen MR) is 81.5 cm³/mol. The molecule has 1 fully saturated rings. The lowest BCUT2D eigenvalue weighted by molar-refractivity contribution is -0.117. The van der Waals surface area contributed by atoms with Gasteiger partial charge >= 0.3 is 16.2 Å². The lowest BCUT2D eigenvalue weighted by Gasteiger charge is -2.19. The Bertz CT molecular complexity index is 706. The topological polar surface area (TPSA) is 91.8 Å². The van der Waals surface area contributed by atoms with Crippen molar-refractivity contribution in [2.24, 2.45) is 5.92 Å². The highest BCUT2D eigenvalue weighted by molar-refractivity contribution is 14.1. The van der Waals surface area contributed by atoms with Crippen LogP contribution in [0.2, 0.25) is 0 Å². The maximum atomic E-state index is 12.7. The fraction of sp³-hybridized carbons (Fsp3) is 0.333. The molecular weight excluding hydrogens is 416 g/mol. The van der Waals surface area contributed by atoms with Gasteiger partial charge in [-0.05, 0) is 40.8 Å². The van der Waals surface area contributed by atoms with Gasteiger partial charge in [-0.1, -0.05) is 0 Å². The first-order valence-electron chi connectivity index (χ1n) is 5.93. The molecule has 114 valence electrons. The van der Waals surface area contributed by atoms with E-state index in [9.17, 15) is 21.9 Å². The average molecular weight is 427 g/mol. The number of carbonyl (C=O) groups is 2. The lowest BCUT2D eigenvalue weighted by Crippen LogP contribution is -2.27. The van der Waals surface area contributed by atoms with Crippen molar-refractivity contribution in [1.29, 1.82) is 0 Å². The number of carbonyl (C=O) groups excluding carboxylic acids is 1. The highest BCUT2D eigenvalue weighted by Gasteiger charge is 2.35. The number of rotatable bonds is 4. The number of carboxylic acid groups (broad SMARTS) is 1. The Balaban J connectivity index is 2.33. The molecule has 0 bridgehead atoms. The number of aromatic carboxylic acids is 1. The van der Waals surface area contributed by atoms with E-state index in [2.05, 4.69) is 0 Å². The Morgan fingerprint density at radius 1 is 1.48 bits per heavy atom. The molecule has 2 rings (SSSR count). The third kappa shape index (κ3) is 3.90. The zero-order valence-electron chi connectivity index (χ0n) is 10.6. The minimum Gasteiger partial charge on any atom is -0.478 e. The fourth-order valence-electron chi connectivity index (χ4n) is 2.32. The van der Waals surface area contributed by atoms with Crippen LogP contribution in [0.15, 0.2) is 18.2 Å². The molecule has 21 heavy (non-hydrogen) atoms. The van der Waals surface area contributed by atoms with Gasteiger partial charge in [-0.25, -0.2) is 4.79 Å². The maximum absolute atomic E-state index is 12.7. The van der Waals surface area contributed by atoms with Gasteiger partial charge in [0.1, 0.15) is 0 Å². The summed E-state index contributed by atoms with van der Waals surface area (Å²) >= 11 is 1.98. The summed E-state index contributed by atoms with van der Waals surface area (Å²) in [5.41, 5.74) is 0.158. The van der Waals surface area contributed by atoms with Crippen molar-refractivity contribution in [2.45, 2.75) is 6.42 Å². The molecule has 0 spiro atoms. The monoisotopic (exact) mass is 427 g/mol. The van der Waals surface area contributed by atoms with Gasteiger partial charge in [-0.3, -0.25) is 4.79 Å². The molecule has 1 amide bonds. The van der Waals surface area contributed by atoms with Crippen LogP contribution in [-0.4, -0.2) is 37.7 Å². The molecule has 1 aromatic carbocycles. The Morgan fingerprint density at radius 3 is 2.71 bits per heavy atom. The molecule has 1 saturated heterocycles. The molecule has 1 N–H and O–H groups in total. The van der Waals surface area contributed by atoms with Gasteiger partial charge in [0.05, 0.1) is 17.0 Å². The Hall–Kier alpha value is -1.23. The molecule has 1 unspecified atom stereocenters. The van der Waals surface area contributed by atoms with E-state index in [0.717, 1.165) is 3.57 Å². The largest absolute Gasteiger partial charge is 0.478 e. The van der Waals surface area contributed by atoms with E-state index >= 15 is 0 Å². The fourth-order valence-corrected chi connectivity index (χ4v) is 3.58. The summed E-state index contributed by atoms with van der Waals surface area (Å²) in [4.78, 5) is 24.4. The predicted octanol–water partition coefficient (Wildman–Crippen LogP) is 1.64. The molecule has 1 aromatic rings. The first-order chi connectivity index (χ1) is 9.67. The molecular formula is C12H11FINO5S. The number of benzene rings is 1. The molecule has 9 heteroatoms. The molecule has 0 saturated carbocycles. The summed E-state index contributed by atoms with van der Waals surface area (Å²) in [6.07, 6.45) is -0.117. The highest BCUT2D eigenvalue weighted by Crippen LogP contribution is 2.30. The number of anilines is 1. The first kappa shape index (κ1) is 16.1. The summed E-state index contributed by atoms with van der Waals surface area (Å²) in [6, 6.07) is 4.51. The number of hydrogen-bond acceptors (Lipinski definition) is 4. The Kier molecular flexibility index (Phi) is 4.51. The van der Waals surface area contributed by atoms with E-state index in [1.54, 1.807) is 6.07 Å². The van der Waals surface area contributed by atoms with Crippen molar-refractivity contribution in [2.75, 3.05) is 17.2 Å². The number of carboxylic acids is 1. The smallest absolute Gasteiger partial charge is 0.337 e. The van der Waals surface area contributed by atoms with Crippen LogP contribution in [0.3, 0.4) is 0 Å². The van der Waals surface area contributed by atoms with Crippen LogP contribution in [0.25, 0.3) is 0 Å². The van der Waals surface area contributed by atoms with Crippen molar-refractivity contribution in [1.82, 2.24) is 0 Å². The molecule has 0 aliphatic carbocycles. The number of amides is 1. The van der Waals surface area contributed by atoms with E-state index in [4.69, 9.17) is 5.11 Å². The van der Waals surface area contributed by atoms with E-state index in [1.165, 1.54) is 17.0 Å². The van der Waals surface area contributed by atoms with Gasteiger partial charge in [0.25, 0.3) is 0 Å². The molecule has 0 radical (unpaired) electrons. The quantitative estimate of drug-likeness (QED) is 0.583. The number of nitrogens with zero attached hydrogens (tertiary/aromatic N) is 1. The van der Waals surface area contributed by atoms with Crippen LogP contribution < -0.4 is 4.90 Å². The van der Waals surface area contributed by atoms with Crippen molar-refractivity contribution in [3.05, 3.63) is 27.3 Å². The summed E-state index contributed by atoms with van der Waals surface area (Å²) in [7, 11) is -4.67. The molecule has 1 heterocycles. The number of hydrogen-bond donors (Lipinski definition) is 1. The molecule has 1 aliphatic rings. The lowest BCUT2D eigenvalue weighted by atomic mass is 10.1. The van der Waals surface area contributed by atoms with Crippen LogP contribution in [0.1, 0.15) is 16.8 Å². The van der Waals surface area contributed by atoms with Gasteiger partial charge in [-0.15, -0.1) is 3.89 Å². The third-order valence-electron chi connectivity index (χ3n) is 3.12. The Morgan fingerprint density at radius 2 is 2.14 bits per heavy atom. The standard InChI is InChI=1S/C12H11FINO5S/c13-21(19,20)6-7-3-11(16)15(5-7)10-4-8(14)1-2-9(10)12(17)18/h1-2,4,7H,3,5-6H2,(H,17,18).